The van der Waals surface area contributed by atoms with Crippen LogP contribution in [0, 0.1) is 23.7 Å². The molecule has 0 amide bonds. The minimum absolute atomic E-state index is 0. The zero-order valence-electron chi connectivity index (χ0n) is 15.9. The third-order valence-corrected chi connectivity index (χ3v) is 6.59. The van der Waals surface area contributed by atoms with Gasteiger partial charge in [0.1, 0.15) is 12.5 Å². The van der Waals surface area contributed by atoms with Gasteiger partial charge in [0, 0.05) is 24.9 Å². The van der Waals surface area contributed by atoms with Crippen molar-refractivity contribution in [3.8, 4) is 0 Å². The van der Waals surface area contributed by atoms with E-state index in [2.05, 4.69) is 36.1 Å². The average molecular weight is 380 g/mol. The van der Waals surface area contributed by atoms with Crippen molar-refractivity contribution in [3.05, 3.63) is 35.9 Å². The predicted octanol–water partition coefficient (Wildman–Crippen LogP) is 4.67. The second kappa shape index (κ2) is 10.4. The van der Waals surface area contributed by atoms with Gasteiger partial charge in [0.25, 0.3) is 0 Å². The summed E-state index contributed by atoms with van der Waals surface area (Å²) in [5, 5.41) is 10.2. The van der Waals surface area contributed by atoms with Gasteiger partial charge in [0.15, 0.2) is 0 Å². The zero-order valence-corrected chi connectivity index (χ0v) is 16.7. The van der Waals surface area contributed by atoms with Gasteiger partial charge in [-0.25, -0.2) is 0 Å². The first-order chi connectivity index (χ1) is 12.2. The van der Waals surface area contributed by atoms with Crippen LogP contribution in [-0.4, -0.2) is 29.1 Å². The van der Waals surface area contributed by atoms with E-state index in [9.17, 15) is 9.90 Å². The molecule has 0 radical (unpaired) electrons. The van der Waals surface area contributed by atoms with Crippen LogP contribution in [0.5, 0.6) is 0 Å². The van der Waals surface area contributed by atoms with Crippen molar-refractivity contribution < 1.29 is 9.90 Å². The van der Waals surface area contributed by atoms with Crippen LogP contribution in [0.15, 0.2) is 30.3 Å². The van der Waals surface area contributed by atoms with E-state index in [0.717, 1.165) is 31.7 Å². The summed E-state index contributed by atoms with van der Waals surface area (Å²) in [4.78, 5) is 12.6. The summed E-state index contributed by atoms with van der Waals surface area (Å²) in [5.41, 5.74) is 1.31. The van der Waals surface area contributed by atoms with Crippen molar-refractivity contribution in [1.29, 1.82) is 0 Å². The van der Waals surface area contributed by atoms with Crippen LogP contribution in [0.4, 0.5) is 0 Å². The van der Waals surface area contributed by atoms with E-state index in [0.29, 0.717) is 17.8 Å². The van der Waals surface area contributed by atoms with Gasteiger partial charge >= 0.3 is 0 Å². The Bertz CT molecular complexity index is 538. The van der Waals surface area contributed by atoms with E-state index in [-0.39, 0.29) is 18.6 Å². The Kier molecular flexibility index (Phi) is 8.59. The molecule has 4 heteroatoms. The van der Waals surface area contributed by atoms with E-state index >= 15 is 0 Å². The molecule has 1 saturated heterocycles. The Balaban J connectivity index is 0.000000210. The quantitative estimate of drug-likeness (QED) is 0.773. The van der Waals surface area contributed by atoms with Crippen molar-refractivity contribution in [3.63, 3.8) is 0 Å². The molecule has 3 nitrogen and oxygen atoms in total. The Hall–Kier alpha value is -0.900. The van der Waals surface area contributed by atoms with Crippen molar-refractivity contribution in [2.45, 2.75) is 64.6 Å². The first kappa shape index (κ1) is 21.4. The van der Waals surface area contributed by atoms with E-state index in [1.807, 2.05) is 6.07 Å². The molecule has 0 bridgehead atoms. The molecule has 1 heterocycles. The number of nitrogens with zero attached hydrogens (tertiary/aromatic N) is 1. The molecule has 1 aromatic rings. The maximum Gasteiger partial charge on any atom is 0.123 e. The molecule has 4 rings (SSSR count). The molecule has 26 heavy (non-hydrogen) atoms. The molecular formula is C22H34ClNO2. The van der Waals surface area contributed by atoms with Crippen LogP contribution in [0.2, 0.25) is 0 Å². The van der Waals surface area contributed by atoms with Gasteiger partial charge in [-0.05, 0) is 43.1 Å². The summed E-state index contributed by atoms with van der Waals surface area (Å²) < 4.78 is 0. The molecule has 2 aliphatic carbocycles. The first-order valence-electron chi connectivity index (χ1n) is 10.1. The molecule has 1 N–H and O–H groups in total. The number of carbonyl (C=O) groups is 1. The van der Waals surface area contributed by atoms with E-state index in [1.165, 1.54) is 44.1 Å². The number of hydrogen-bond acceptors (Lipinski definition) is 3. The number of hydrogen-bond donors (Lipinski definition) is 1. The van der Waals surface area contributed by atoms with Gasteiger partial charge in [-0.3, -0.25) is 4.90 Å². The van der Waals surface area contributed by atoms with Crippen LogP contribution in [-0.2, 0) is 11.3 Å². The maximum absolute atomic E-state index is 10.4. The Morgan fingerprint density at radius 2 is 1.85 bits per heavy atom. The Morgan fingerprint density at radius 3 is 2.46 bits per heavy atom. The lowest BCUT2D eigenvalue weighted by Gasteiger charge is -2.22. The highest BCUT2D eigenvalue weighted by atomic mass is 35.5. The smallest absolute Gasteiger partial charge is 0.123 e. The van der Waals surface area contributed by atoms with Crippen LogP contribution in [0.25, 0.3) is 0 Å². The Labute approximate surface area is 164 Å². The molecule has 3 fully saturated rings. The molecule has 1 unspecified atom stereocenters. The van der Waals surface area contributed by atoms with Gasteiger partial charge in [0.05, 0.1) is 0 Å². The normalized spacial score (nSPS) is 33.1. The summed E-state index contributed by atoms with van der Waals surface area (Å²) in [6.45, 7) is 4.15. The van der Waals surface area contributed by atoms with Crippen LogP contribution in [0.1, 0.15) is 57.4 Å². The van der Waals surface area contributed by atoms with Gasteiger partial charge in [-0.1, -0.05) is 56.5 Å². The molecule has 3 aliphatic rings. The van der Waals surface area contributed by atoms with Crippen molar-refractivity contribution in [1.82, 2.24) is 4.90 Å². The number of rotatable bonds is 4. The van der Waals surface area contributed by atoms with Gasteiger partial charge in [-0.2, -0.15) is 0 Å². The summed E-state index contributed by atoms with van der Waals surface area (Å²) in [7, 11) is 0. The van der Waals surface area contributed by atoms with Crippen molar-refractivity contribution in [2.75, 3.05) is 6.54 Å². The number of benzene rings is 1. The fourth-order valence-corrected chi connectivity index (χ4v) is 5.09. The van der Waals surface area contributed by atoms with E-state index in [1.54, 1.807) is 0 Å². The highest BCUT2D eigenvalue weighted by molar-refractivity contribution is 5.85. The molecule has 1 aliphatic heterocycles. The maximum atomic E-state index is 10.4. The lowest BCUT2D eigenvalue weighted by atomic mass is 9.95. The zero-order chi connectivity index (χ0) is 17.6. The topological polar surface area (TPSA) is 40.5 Å². The number of fused-ring (bicyclic) bond motifs is 1. The van der Waals surface area contributed by atoms with Gasteiger partial charge < -0.3 is 9.90 Å². The standard InChI is InChI=1S/C14H19NO.C8H14O.ClH/c16-14-13-8-4-7-12(13)10-15(14)9-11-5-2-1-3-6-11;1-2-7-4-3-5-8(7)6-9;/h1-3,5-6,12-14,16H,4,7-10H2;6-8H,2-5H2,1H3;1H/t12-,13-,14?;7-,8+;/m01./s1. The monoisotopic (exact) mass is 379 g/mol. The largest absolute Gasteiger partial charge is 0.378 e. The average Bonchev–Trinajstić information content (AvgIpc) is 3.35. The number of aliphatic hydroxyl groups is 1. The number of halogens is 1. The number of likely N-dealkylation sites (tertiary alicyclic amines) is 1. The molecular weight excluding hydrogens is 346 g/mol. The summed E-state index contributed by atoms with van der Waals surface area (Å²) in [6, 6.07) is 10.5. The second-order valence-corrected chi connectivity index (χ2v) is 8.08. The van der Waals surface area contributed by atoms with Crippen molar-refractivity contribution >= 4 is 18.7 Å². The SMILES string of the molecule is CC[C@@H]1CCC[C@H]1C=O.Cl.OC1[C@H]2CCC[C@H]2CN1Cc1ccccc1. The second-order valence-electron chi connectivity index (χ2n) is 8.08. The fraction of sp³-hybridized carbons (Fsp3) is 0.682. The van der Waals surface area contributed by atoms with Crippen molar-refractivity contribution in [2.24, 2.45) is 23.7 Å². The predicted molar refractivity (Wildman–Crippen MR) is 108 cm³/mol. The molecule has 5 atom stereocenters. The number of aldehydes is 1. The highest BCUT2D eigenvalue weighted by Gasteiger charge is 2.42. The molecule has 0 spiro atoms. The molecule has 146 valence electrons. The number of aliphatic hydroxyl groups excluding tert-OH is 1. The summed E-state index contributed by atoms with van der Waals surface area (Å²) >= 11 is 0. The summed E-state index contributed by atoms with van der Waals surface area (Å²) in [5.74, 6) is 2.40. The van der Waals surface area contributed by atoms with Gasteiger partial charge in [-0.15, -0.1) is 12.4 Å². The fourth-order valence-electron chi connectivity index (χ4n) is 5.09. The van der Waals surface area contributed by atoms with E-state index in [4.69, 9.17) is 0 Å². The number of carbonyl (C=O) groups excluding carboxylic acids is 1. The summed E-state index contributed by atoms with van der Waals surface area (Å²) in [6.07, 6.45) is 9.65. The molecule has 2 saturated carbocycles. The minimum atomic E-state index is -0.201. The third-order valence-electron chi connectivity index (χ3n) is 6.59. The molecule has 1 aromatic carbocycles. The molecule has 0 aromatic heterocycles. The third kappa shape index (κ3) is 5.09. The lowest BCUT2D eigenvalue weighted by Crippen LogP contribution is -2.31. The Morgan fingerprint density at radius 1 is 1.12 bits per heavy atom. The minimum Gasteiger partial charge on any atom is -0.378 e. The van der Waals surface area contributed by atoms with E-state index < -0.39 is 0 Å². The van der Waals surface area contributed by atoms with Crippen LogP contribution >= 0.6 is 12.4 Å². The van der Waals surface area contributed by atoms with Crippen LogP contribution < -0.4 is 0 Å². The van der Waals surface area contributed by atoms with Crippen LogP contribution in [0.3, 0.4) is 0 Å². The van der Waals surface area contributed by atoms with Gasteiger partial charge in [0.2, 0.25) is 0 Å². The highest BCUT2D eigenvalue weighted by Crippen LogP contribution is 2.41. The first-order valence-corrected chi connectivity index (χ1v) is 10.1. The lowest BCUT2D eigenvalue weighted by molar-refractivity contribution is -0.112.